The van der Waals surface area contributed by atoms with Crippen LogP contribution in [0.25, 0.3) is 10.8 Å². The Bertz CT molecular complexity index is 2290. The van der Waals surface area contributed by atoms with Gasteiger partial charge in [-0.15, -0.1) is 5.10 Å². The number of anilines is 2. The molecule has 5 aromatic rings. The molecule has 0 bridgehead atoms. The number of esters is 1. The van der Waals surface area contributed by atoms with Gasteiger partial charge in [0, 0.05) is 23.4 Å². The number of hydrogen-bond donors (Lipinski definition) is 1. The highest BCUT2D eigenvalue weighted by Gasteiger charge is 2.41. The van der Waals surface area contributed by atoms with Crippen LogP contribution in [0.2, 0.25) is 0 Å². The summed E-state index contributed by atoms with van der Waals surface area (Å²) < 4.78 is 47.6. The number of aromatic nitrogens is 3. The van der Waals surface area contributed by atoms with Gasteiger partial charge in [0.1, 0.15) is 6.04 Å². The molecule has 0 unspecified atom stereocenters. The number of carboxylic acids is 1. The lowest BCUT2D eigenvalue weighted by molar-refractivity contribution is -0.870. The topological polar surface area (TPSA) is 144 Å². The van der Waals surface area contributed by atoms with Gasteiger partial charge in [-0.2, -0.15) is 18.4 Å². The maximum Gasteiger partial charge on any atom is 0.416 e. The zero-order valence-corrected chi connectivity index (χ0v) is 29.0. The van der Waals surface area contributed by atoms with Crippen LogP contribution in [0.4, 0.5) is 24.8 Å². The third kappa shape index (κ3) is 7.59. The second-order valence-corrected chi connectivity index (χ2v) is 13.1. The summed E-state index contributed by atoms with van der Waals surface area (Å²) in [6.07, 6.45) is -4.08. The molecule has 0 saturated carbocycles. The average Bonchev–Trinajstić information content (AvgIpc) is 3.49. The number of aromatic amines is 1. The predicted octanol–water partition coefficient (Wildman–Crippen LogP) is 5.10. The second-order valence-electron chi connectivity index (χ2n) is 13.1. The Morgan fingerprint density at radius 3 is 2.37 bits per heavy atom. The number of aromatic carboxylic acids is 1. The van der Waals surface area contributed by atoms with Gasteiger partial charge in [-0.3, -0.25) is 4.90 Å². The van der Waals surface area contributed by atoms with Gasteiger partial charge in [0.25, 0.3) is 0 Å². The van der Waals surface area contributed by atoms with Gasteiger partial charge >= 0.3 is 17.8 Å². The minimum Gasteiger partial charge on any atom is -0.545 e. The molecule has 1 atom stereocenters. The number of carbonyl (C=O) groups is 2. The van der Waals surface area contributed by atoms with Crippen LogP contribution in [0, 0.1) is 11.3 Å². The molecule has 0 spiro atoms. The molecule has 1 N–H and O–H groups in total. The van der Waals surface area contributed by atoms with Gasteiger partial charge in [0.2, 0.25) is 5.95 Å². The average molecular weight is 713 g/mol. The summed E-state index contributed by atoms with van der Waals surface area (Å²) in [6, 6.07) is 23.2. The van der Waals surface area contributed by atoms with Crippen molar-refractivity contribution >= 4 is 34.3 Å². The van der Waals surface area contributed by atoms with Crippen molar-refractivity contribution in [1.29, 1.82) is 5.26 Å². The molecular weight excluding hydrogens is 677 g/mol. The number of H-pyrrole nitrogens is 1. The maximum atomic E-state index is 13.5. The molecular formula is C38H35F3N6O5. The third-order valence-electron chi connectivity index (χ3n) is 8.61. The Hall–Kier alpha value is -6.20. The highest BCUT2D eigenvalue weighted by atomic mass is 19.4. The van der Waals surface area contributed by atoms with Gasteiger partial charge < -0.3 is 19.1 Å². The van der Waals surface area contributed by atoms with Crippen molar-refractivity contribution in [2.75, 3.05) is 39.7 Å². The Balaban J connectivity index is 0.000000335. The molecule has 11 nitrogen and oxygen atoms in total. The van der Waals surface area contributed by atoms with Crippen molar-refractivity contribution in [3.8, 4) is 6.07 Å². The number of likely N-dealkylation sites (N-methyl/N-ethyl adjacent to an activating group) is 1. The summed E-state index contributed by atoms with van der Waals surface area (Å²) in [4.78, 5) is 38.5. The number of rotatable bonds is 7. The van der Waals surface area contributed by atoms with Crippen LogP contribution in [0.3, 0.4) is 0 Å². The number of ether oxygens (including phenoxy) is 1. The van der Waals surface area contributed by atoms with Gasteiger partial charge in [0.15, 0.2) is 0 Å². The molecule has 1 aromatic heterocycles. The molecule has 6 rings (SSSR count). The lowest BCUT2D eigenvalue weighted by atomic mass is 9.89. The molecule has 14 heteroatoms. The highest BCUT2D eigenvalue weighted by molar-refractivity contribution is 6.02. The fourth-order valence-corrected chi connectivity index (χ4v) is 6.10. The lowest BCUT2D eigenvalue weighted by Crippen LogP contribution is -2.39. The van der Waals surface area contributed by atoms with Crippen molar-refractivity contribution in [2.45, 2.75) is 25.6 Å². The van der Waals surface area contributed by atoms with Crippen LogP contribution in [0.5, 0.6) is 0 Å². The van der Waals surface area contributed by atoms with E-state index in [1.807, 2.05) is 45.4 Å². The van der Waals surface area contributed by atoms with Crippen LogP contribution >= 0.6 is 0 Å². The first-order valence-corrected chi connectivity index (χ1v) is 16.0. The van der Waals surface area contributed by atoms with E-state index in [1.165, 1.54) is 28.7 Å². The largest absolute Gasteiger partial charge is 0.545 e. The van der Waals surface area contributed by atoms with Crippen molar-refractivity contribution in [2.24, 2.45) is 0 Å². The normalized spacial score (nSPS) is 14.3. The van der Waals surface area contributed by atoms with Crippen molar-refractivity contribution < 1.29 is 37.1 Å². The molecule has 268 valence electrons. The summed E-state index contributed by atoms with van der Waals surface area (Å²) in [6.45, 7) is 2.26. The van der Waals surface area contributed by atoms with E-state index >= 15 is 0 Å². The Morgan fingerprint density at radius 2 is 1.71 bits per heavy atom. The van der Waals surface area contributed by atoms with Crippen LogP contribution in [0.1, 0.15) is 45.6 Å². The Labute approximate surface area is 297 Å². The molecule has 2 heterocycles. The SMILES string of the molecule is COC(=O)C1=C(C)N(c2cccc(C(F)(F)F)c2)c2n[nH]c(=O)n2[C@@H]1c1ccc(C#N)cc1CC[N+](C)(C)C.O=C([O-])c1cccc2ccccc12. The number of allylic oxidation sites excluding steroid dienone is 1. The summed E-state index contributed by atoms with van der Waals surface area (Å²) in [7, 11) is 7.25. The lowest BCUT2D eigenvalue weighted by Gasteiger charge is -2.36. The van der Waals surface area contributed by atoms with E-state index in [-0.39, 0.29) is 28.5 Å². The number of benzene rings is 4. The fraction of sp³-hybridized carbons (Fsp3) is 0.237. The van der Waals surface area contributed by atoms with Gasteiger partial charge in [0.05, 0.1) is 63.5 Å². The van der Waals surface area contributed by atoms with Crippen molar-refractivity contribution in [1.82, 2.24) is 14.8 Å². The molecule has 0 amide bonds. The number of fused-ring (bicyclic) bond motifs is 2. The number of quaternary nitrogens is 1. The third-order valence-corrected chi connectivity index (χ3v) is 8.61. The molecule has 1 aliphatic rings. The van der Waals surface area contributed by atoms with Crippen LogP contribution in [-0.2, 0) is 22.1 Å². The van der Waals surface area contributed by atoms with Crippen LogP contribution in [0.15, 0.2) is 101 Å². The van der Waals surface area contributed by atoms with Gasteiger partial charge in [-0.1, -0.05) is 54.6 Å². The molecule has 1 aliphatic heterocycles. The summed E-state index contributed by atoms with van der Waals surface area (Å²) in [5.74, 6) is -1.87. The van der Waals surface area contributed by atoms with E-state index in [1.54, 1.807) is 43.3 Å². The van der Waals surface area contributed by atoms with E-state index < -0.39 is 35.4 Å². The molecule has 4 aromatic carbocycles. The standard InChI is InChI=1S/C27H27F3N6O3.C11H8O2/c1-16-22(24(37)39-5)23(21-10-9-17(15-31)13-18(21)11-12-36(2,3)4)35-25(32-33-26(35)38)34(16)20-8-6-7-19(14-20)27(28,29)30;12-11(13)10-7-3-5-8-4-1-2-6-9(8)10/h6-10,13-14,23H,11-12H2,1-5H3;1-7H,(H,12,13)/t23-;/m1./s1. The quantitative estimate of drug-likeness (QED) is 0.181. The smallest absolute Gasteiger partial charge is 0.416 e. The first-order chi connectivity index (χ1) is 24.6. The molecule has 0 radical (unpaired) electrons. The molecule has 0 fully saturated rings. The number of methoxy groups -OCH3 is 1. The monoisotopic (exact) mass is 712 g/mol. The van der Waals surface area contributed by atoms with E-state index in [0.29, 0.717) is 28.6 Å². The molecule has 0 saturated heterocycles. The van der Waals surface area contributed by atoms with E-state index in [0.717, 1.165) is 28.5 Å². The van der Waals surface area contributed by atoms with E-state index in [4.69, 9.17) is 4.74 Å². The van der Waals surface area contributed by atoms with Crippen molar-refractivity contribution in [3.05, 3.63) is 135 Å². The first kappa shape index (κ1) is 37.1. The maximum absolute atomic E-state index is 13.5. The highest BCUT2D eigenvalue weighted by Crippen LogP contribution is 2.43. The number of alkyl halides is 3. The van der Waals surface area contributed by atoms with E-state index in [9.17, 15) is 37.9 Å². The fourth-order valence-electron chi connectivity index (χ4n) is 6.10. The van der Waals surface area contributed by atoms with Gasteiger partial charge in [-0.05, 0) is 59.2 Å². The minimum atomic E-state index is -4.61. The zero-order chi connectivity index (χ0) is 38.0. The van der Waals surface area contributed by atoms with Crippen LogP contribution < -0.4 is 15.7 Å². The predicted molar refractivity (Wildman–Crippen MR) is 185 cm³/mol. The molecule has 52 heavy (non-hydrogen) atoms. The Morgan fingerprint density at radius 1 is 1.02 bits per heavy atom. The Kier molecular flexibility index (Phi) is 10.4. The minimum absolute atomic E-state index is 0.0105. The second kappa shape index (κ2) is 14.6. The summed E-state index contributed by atoms with van der Waals surface area (Å²) in [5.41, 5.74) is 0.795. The number of nitrogens with one attached hydrogen (secondary N) is 1. The van der Waals surface area contributed by atoms with Gasteiger partial charge in [-0.25, -0.2) is 19.3 Å². The number of nitrogens with zero attached hydrogens (tertiary/aromatic N) is 5. The number of hydrogen-bond acceptors (Lipinski definition) is 8. The zero-order valence-electron chi connectivity index (χ0n) is 29.0. The number of carboxylic acid groups (broad SMARTS) is 1. The van der Waals surface area contributed by atoms with E-state index in [2.05, 4.69) is 16.3 Å². The van der Waals surface area contributed by atoms with Crippen LogP contribution in [-0.4, -0.2) is 66.0 Å². The number of carbonyl (C=O) groups excluding carboxylic acids is 2. The summed E-state index contributed by atoms with van der Waals surface area (Å²) >= 11 is 0. The summed E-state index contributed by atoms with van der Waals surface area (Å²) in [5, 5.41) is 28.4. The van der Waals surface area contributed by atoms with Crippen molar-refractivity contribution in [3.63, 3.8) is 0 Å². The number of nitriles is 1. The molecule has 0 aliphatic carbocycles. The number of halogens is 3. The first-order valence-electron chi connectivity index (χ1n) is 16.0.